The standard InChI is InChI=1S/C24H25Br2FN3O5P/c1-17(35-36(33,28-14-12-25)29-15-13-26)20-6-11-23(30(31)32)24(16-20)34-22-9-4-19(5-10-22)18-2-7-21(27)8-3-18/h2-11,16-17H,12-15H2,1H3,(H2,28,29,33). The van der Waals surface area contributed by atoms with Crippen LogP contribution < -0.4 is 14.9 Å². The molecule has 8 nitrogen and oxygen atoms in total. The summed E-state index contributed by atoms with van der Waals surface area (Å²) in [4.78, 5) is 11.1. The highest BCUT2D eigenvalue weighted by molar-refractivity contribution is 9.09. The van der Waals surface area contributed by atoms with Crippen molar-refractivity contribution >= 4 is 45.2 Å². The molecule has 0 aliphatic carbocycles. The number of hydrogen-bond donors (Lipinski definition) is 2. The molecule has 2 N–H and O–H groups in total. The minimum atomic E-state index is -3.38. The second kappa shape index (κ2) is 13.4. The molecule has 0 amide bonds. The van der Waals surface area contributed by atoms with Gasteiger partial charge in [0.05, 0.1) is 11.0 Å². The monoisotopic (exact) mass is 643 g/mol. The summed E-state index contributed by atoms with van der Waals surface area (Å²) in [6, 6.07) is 17.4. The first-order valence-corrected chi connectivity index (χ1v) is 14.8. The lowest BCUT2D eigenvalue weighted by Gasteiger charge is -2.24. The molecule has 0 aliphatic heterocycles. The molecule has 0 aliphatic rings. The first kappa shape index (κ1) is 28.4. The fraction of sp³-hybridized carbons (Fsp3) is 0.250. The fourth-order valence-electron chi connectivity index (χ4n) is 3.29. The summed E-state index contributed by atoms with van der Waals surface area (Å²) in [7, 11) is -3.38. The Balaban J connectivity index is 1.82. The lowest BCUT2D eigenvalue weighted by Crippen LogP contribution is -2.27. The number of nitrogens with zero attached hydrogens (tertiary/aromatic N) is 1. The molecule has 3 rings (SSSR count). The summed E-state index contributed by atoms with van der Waals surface area (Å²) in [5, 5.41) is 18.5. The Labute approximate surface area is 225 Å². The Bertz CT molecular complexity index is 1200. The molecule has 0 spiro atoms. The number of nitro groups is 1. The first-order valence-electron chi connectivity index (χ1n) is 11.0. The lowest BCUT2D eigenvalue weighted by molar-refractivity contribution is -0.385. The van der Waals surface area contributed by atoms with Crippen molar-refractivity contribution in [2.24, 2.45) is 0 Å². The van der Waals surface area contributed by atoms with Crippen LogP contribution in [0.4, 0.5) is 10.1 Å². The third-order valence-electron chi connectivity index (χ3n) is 5.05. The van der Waals surface area contributed by atoms with Gasteiger partial charge < -0.3 is 4.74 Å². The quantitative estimate of drug-likeness (QED) is 0.0868. The largest absolute Gasteiger partial charge is 0.450 e. The molecule has 12 heteroatoms. The van der Waals surface area contributed by atoms with Crippen LogP contribution in [-0.2, 0) is 9.09 Å². The molecule has 192 valence electrons. The van der Waals surface area contributed by atoms with Crippen molar-refractivity contribution in [1.29, 1.82) is 0 Å². The molecule has 0 fully saturated rings. The third kappa shape index (κ3) is 7.93. The van der Waals surface area contributed by atoms with Crippen molar-refractivity contribution in [2.75, 3.05) is 23.7 Å². The molecule has 36 heavy (non-hydrogen) atoms. The molecule has 3 aromatic carbocycles. The maximum atomic E-state index is 13.2. The number of nitrogens with one attached hydrogen (secondary N) is 2. The highest BCUT2D eigenvalue weighted by Crippen LogP contribution is 2.44. The van der Waals surface area contributed by atoms with Crippen LogP contribution in [0.15, 0.2) is 66.7 Å². The van der Waals surface area contributed by atoms with Gasteiger partial charge in [-0.2, -0.15) is 0 Å². The number of nitro benzene ring substituents is 1. The van der Waals surface area contributed by atoms with Gasteiger partial charge in [0.2, 0.25) is 5.75 Å². The van der Waals surface area contributed by atoms with Gasteiger partial charge in [-0.25, -0.2) is 14.6 Å². The van der Waals surface area contributed by atoms with Gasteiger partial charge >= 0.3 is 13.4 Å². The Kier molecular flexibility index (Phi) is 10.6. The molecule has 0 bridgehead atoms. The summed E-state index contributed by atoms with van der Waals surface area (Å²) >= 11 is 6.59. The highest BCUT2D eigenvalue weighted by atomic mass is 79.9. The van der Waals surface area contributed by atoms with Gasteiger partial charge in [0, 0.05) is 29.8 Å². The van der Waals surface area contributed by atoms with E-state index in [1.807, 2.05) is 0 Å². The summed E-state index contributed by atoms with van der Waals surface area (Å²) in [5.74, 6) is 0.0933. The van der Waals surface area contributed by atoms with Gasteiger partial charge in [-0.1, -0.05) is 56.1 Å². The van der Waals surface area contributed by atoms with Crippen LogP contribution in [-0.4, -0.2) is 28.7 Å². The molecule has 0 heterocycles. The van der Waals surface area contributed by atoms with E-state index in [2.05, 4.69) is 42.0 Å². The number of halogens is 3. The number of benzene rings is 3. The molecular weight excluding hydrogens is 620 g/mol. The van der Waals surface area contributed by atoms with Crippen LogP contribution in [0.5, 0.6) is 11.5 Å². The fourth-order valence-corrected chi connectivity index (χ4v) is 5.94. The number of hydrogen-bond acceptors (Lipinski definition) is 5. The van der Waals surface area contributed by atoms with Gasteiger partial charge in [-0.15, -0.1) is 0 Å². The minimum Gasteiger partial charge on any atom is -0.450 e. The molecular formula is C24H25Br2FN3O5P. The zero-order chi connectivity index (χ0) is 26.1. The predicted octanol–water partition coefficient (Wildman–Crippen LogP) is 7.35. The summed E-state index contributed by atoms with van der Waals surface area (Å²) in [6.07, 6.45) is -0.662. The van der Waals surface area contributed by atoms with E-state index >= 15 is 0 Å². The van der Waals surface area contributed by atoms with Crippen molar-refractivity contribution in [1.82, 2.24) is 10.2 Å². The van der Waals surface area contributed by atoms with Crippen molar-refractivity contribution < 1.29 is 23.1 Å². The van der Waals surface area contributed by atoms with Gasteiger partial charge in [0.15, 0.2) is 0 Å². The SMILES string of the molecule is CC(OP(=O)(NCCBr)NCCBr)c1ccc([N+](=O)[O-])c(Oc2ccc(-c3ccc(F)cc3)cc2)c1. The van der Waals surface area contributed by atoms with Crippen LogP contribution in [0, 0.1) is 15.9 Å². The Morgan fingerprint density at radius 1 is 0.972 bits per heavy atom. The van der Waals surface area contributed by atoms with Crippen molar-refractivity contribution in [3.63, 3.8) is 0 Å². The van der Waals surface area contributed by atoms with Crippen molar-refractivity contribution in [2.45, 2.75) is 13.0 Å². The van der Waals surface area contributed by atoms with Crippen LogP contribution >= 0.6 is 39.5 Å². The molecule has 3 aromatic rings. The first-order chi connectivity index (χ1) is 17.2. The van der Waals surface area contributed by atoms with E-state index in [9.17, 15) is 19.1 Å². The smallest absolute Gasteiger partial charge is 0.341 e. The second-order valence-corrected chi connectivity index (χ2v) is 11.1. The van der Waals surface area contributed by atoms with E-state index in [4.69, 9.17) is 9.26 Å². The molecule has 1 unspecified atom stereocenters. The van der Waals surface area contributed by atoms with E-state index in [1.54, 1.807) is 49.4 Å². The summed E-state index contributed by atoms with van der Waals surface area (Å²) in [5.41, 5.74) is 2.01. The average Bonchev–Trinajstić information content (AvgIpc) is 2.87. The average molecular weight is 645 g/mol. The zero-order valence-electron chi connectivity index (χ0n) is 19.3. The molecule has 1 atom stereocenters. The number of ether oxygens (including phenoxy) is 1. The minimum absolute atomic E-state index is 0.0270. The third-order valence-corrected chi connectivity index (χ3v) is 7.73. The zero-order valence-corrected chi connectivity index (χ0v) is 23.4. The van der Waals surface area contributed by atoms with Gasteiger partial charge in [-0.05, 0) is 60.0 Å². The Hall–Kier alpha value is -2.14. The summed E-state index contributed by atoms with van der Waals surface area (Å²) in [6.45, 7) is 2.55. The van der Waals surface area contributed by atoms with E-state index in [1.165, 1.54) is 24.3 Å². The van der Waals surface area contributed by atoms with Crippen LogP contribution in [0.25, 0.3) is 11.1 Å². The predicted molar refractivity (Wildman–Crippen MR) is 146 cm³/mol. The number of alkyl halides is 2. The van der Waals surface area contributed by atoms with E-state index < -0.39 is 18.7 Å². The second-order valence-electron chi connectivity index (χ2n) is 7.61. The maximum Gasteiger partial charge on any atom is 0.341 e. The Morgan fingerprint density at radius 3 is 2.06 bits per heavy atom. The van der Waals surface area contributed by atoms with Gasteiger partial charge in [-0.3, -0.25) is 19.2 Å². The highest BCUT2D eigenvalue weighted by Gasteiger charge is 2.27. The van der Waals surface area contributed by atoms with Crippen LogP contribution in [0.3, 0.4) is 0 Å². The van der Waals surface area contributed by atoms with Gasteiger partial charge in [0.1, 0.15) is 11.6 Å². The van der Waals surface area contributed by atoms with Crippen molar-refractivity contribution in [3.05, 3.63) is 88.2 Å². The van der Waals surface area contributed by atoms with E-state index in [-0.39, 0.29) is 17.3 Å². The molecule has 0 saturated carbocycles. The van der Waals surface area contributed by atoms with Crippen LogP contribution in [0.1, 0.15) is 18.6 Å². The number of rotatable bonds is 13. The van der Waals surface area contributed by atoms with Crippen LogP contribution in [0.2, 0.25) is 0 Å². The van der Waals surface area contributed by atoms with E-state index in [0.29, 0.717) is 35.1 Å². The molecule has 0 aromatic heterocycles. The van der Waals surface area contributed by atoms with E-state index in [0.717, 1.165) is 11.1 Å². The molecule has 0 saturated heterocycles. The summed E-state index contributed by atoms with van der Waals surface area (Å²) < 4.78 is 38.1. The van der Waals surface area contributed by atoms with Gasteiger partial charge in [0.25, 0.3) is 0 Å². The van der Waals surface area contributed by atoms with Crippen molar-refractivity contribution in [3.8, 4) is 22.6 Å². The molecule has 0 radical (unpaired) electrons. The Morgan fingerprint density at radius 2 is 1.53 bits per heavy atom. The topological polar surface area (TPSA) is 103 Å². The lowest BCUT2D eigenvalue weighted by atomic mass is 10.1. The normalized spacial score (nSPS) is 12.3. The maximum absolute atomic E-state index is 13.2.